The third kappa shape index (κ3) is 2.67. The number of nitrogens with one attached hydrogen (secondary N) is 1. The van der Waals surface area contributed by atoms with Crippen molar-refractivity contribution in [2.75, 3.05) is 18.4 Å². The van der Waals surface area contributed by atoms with E-state index in [0.717, 1.165) is 18.7 Å². The number of carbonyl (C=O) groups excluding carboxylic acids is 1. The lowest BCUT2D eigenvalue weighted by Gasteiger charge is -2.28. The second-order valence-corrected chi connectivity index (χ2v) is 7.46. The SMILES string of the molecule is O=C(Nc1ccccc1CN1CCCCC1)[C@H]1CC12CCC2. The van der Waals surface area contributed by atoms with Gasteiger partial charge in [-0.2, -0.15) is 0 Å². The molecule has 3 aliphatic rings. The molecule has 118 valence electrons. The highest BCUT2D eigenvalue weighted by Gasteiger charge is 2.60. The van der Waals surface area contributed by atoms with E-state index in [9.17, 15) is 4.79 Å². The van der Waals surface area contributed by atoms with Gasteiger partial charge in [-0.05, 0) is 62.2 Å². The number of carbonyl (C=O) groups is 1. The van der Waals surface area contributed by atoms with Crippen LogP contribution in [0.2, 0.25) is 0 Å². The molecule has 0 unspecified atom stereocenters. The first-order valence-corrected chi connectivity index (χ1v) is 8.88. The summed E-state index contributed by atoms with van der Waals surface area (Å²) in [6, 6.07) is 8.34. The molecule has 0 radical (unpaired) electrons. The monoisotopic (exact) mass is 298 g/mol. The predicted molar refractivity (Wildman–Crippen MR) is 88.6 cm³/mol. The summed E-state index contributed by atoms with van der Waals surface area (Å²) in [7, 11) is 0. The van der Waals surface area contributed by atoms with Crippen LogP contribution in [0.1, 0.15) is 50.5 Å². The number of amides is 1. The number of para-hydroxylation sites is 1. The Kier molecular flexibility index (Phi) is 3.69. The molecule has 0 aromatic heterocycles. The Morgan fingerprint density at radius 3 is 2.59 bits per heavy atom. The van der Waals surface area contributed by atoms with Crippen molar-refractivity contribution in [3.05, 3.63) is 29.8 Å². The lowest BCUT2D eigenvalue weighted by atomic mass is 9.79. The first-order chi connectivity index (χ1) is 10.8. The molecule has 1 amide bonds. The summed E-state index contributed by atoms with van der Waals surface area (Å²) in [6.45, 7) is 3.34. The molecule has 3 heteroatoms. The summed E-state index contributed by atoms with van der Waals surface area (Å²) >= 11 is 0. The number of hydrogen-bond donors (Lipinski definition) is 1. The van der Waals surface area contributed by atoms with Gasteiger partial charge in [-0.3, -0.25) is 9.69 Å². The number of rotatable bonds is 4. The molecule has 1 aliphatic heterocycles. The third-order valence-corrected chi connectivity index (χ3v) is 5.97. The van der Waals surface area contributed by atoms with Crippen molar-refractivity contribution >= 4 is 11.6 Å². The number of likely N-dealkylation sites (tertiary alicyclic amines) is 1. The number of hydrogen-bond acceptors (Lipinski definition) is 2. The van der Waals surface area contributed by atoms with Gasteiger partial charge in [0.1, 0.15) is 0 Å². The molecular weight excluding hydrogens is 272 g/mol. The summed E-state index contributed by atoms with van der Waals surface area (Å²) in [4.78, 5) is 15.0. The third-order valence-electron chi connectivity index (χ3n) is 5.97. The van der Waals surface area contributed by atoms with Crippen LogP contribution in [-0.4, -0.2) is 23.9 Å². The van der Waals surface area contributed by atoms with E-state index in [-0.39, 0.29) is 11.8 Å². The van der Waals surface area contributed by atoms with Crippen LogP contribution in [0.25, 0.3) is 0 Å². The summed E-state index contributed by atoms with van der Waals surface area (Å²) in [5.74, 6) is 0.537. The zero-order chi connectivity index (χ0) is 15.0. The smallest absolute Gasteiger partial charge is 0.228 e. The van der Waals surface area contributed by atoms with Gasteiger partial charge >= 0.3 is 0 Å². The molecule has 1 atom stereocenters. The van der Waals surface area contributed by atoms with E-state index < -0.39 is 0 Å². The lowest BCUT2D eigenvalue weighted by Crippen LogP contribution is -2.30. The number of piperidine rings is 1. The molecular formula is C19H26N2O. The van der Waals surface area contributed by atoms with Gasteiger partial charge in [-0.1, -0.05) is 31.0 Å². The van der Waals surface area contributed by atoms with Crippen molar-refractivity contribution in [1.82, 2.24) is 4.90 Å². The number of benzene rings is 1. The van der Waals surface area contributed by atoms with Crippen LogP contribution in [0.4, 0.5) is 5.69 Å². The first kappa shape index (κ1) is 14.3. The Labute approximate surface area is 133 Å². The highest BCUT2D eigenvalue weighted by molar-refractivity contribution is 5.95. The Morgan fingerprint density at radius 2 is 1.91 bits per heavy atom. The minimum Gasteiger partial charge on any atom is -0.326 e. The highest BCUT2D eigenvalue weighted by Crippen LogP contribution is 2.65. The molecule has 2 aliphatic carbocycles. The molecule has 0 bridgehead atoms. The fraction of sp³-hybridized carbons (Fsp3) is 0.632. The van der Waals surface area contributed by atoms with E-state index in [4.69, 9.17) is 0 Å². The lowest BCUT2D eigenvalue weighted by molar-refractivity contribution is -0.118. The van der Waals surface area contributed by atoms with Gasteiger partial charge in [0, 0.05) is 18.2 Å². The van der Waals surface area contributed by atoms with E-state index in [1.54, 1.807) is 0 Å². The molecule has 1 aromatic rings. The molecule has 1 saturated heterocycles. The minimum atomic E-state index is 0.255. The van der Waals surface area contributed by atoms with Gasteiger partial charge in [0.15, 0.2) is 0 Å². The zero-order valence-electron chi connectivity index (χ0n) is 13.3. The topological polar surface area (TPSA) is 32.3 Å². The van der Waals surface area contributed by atoms with E-state index in [1.807, 2.05) is 6.07 Å². The Balaban J connectivity index is 1.41. The van der Waals surface area contributed by atoms with Gasteiger partial charge < -0.3 is 5.32 Å². The average Bonchev–Trinajstić information content (AvgIpc) is 3.27. The molecule has 4 rings (SSSR count). The maximum atomic E-state index is 12.5. The van der Waals surface area contributed by atoms with Gasteiger partial charge in [-0.25, -0.2) is 0 Å². The predicted octanol–water partition coefficient (Wildman–Crippen LogP) is 3.80. The van der Waals surface area contributed by atoms with Crippen LogP contribution in [0.15, 0.2) is 24.3 Å². The largest absolute Gasteiger partial charge is 0.326 e. The number of nitrogens with zero attached hydrogens (tertiary/aromatic N) is 1. The van der Waals surface area contributed by atoms with Gasteiger partial charge in [0.2, 0.25) is 5.91 Å². The molecule has 3 nitrogen and oxygen atoms in total. The quantitative estimate of drug-likeness (QED) is 0.917. The summed E-state index contributed by atoms with van der Waals surface area (Å²) in [5, 5.41) is 3.22. The van der Waals surface area contributed by atoms with Gasteiger partial charge in [-0.15, -0.1) is 0 Å². The minimum absolute atomic E-state index is 0.255. The standard InChI is InChI=1S/C19H26N2O/c22-18(16-13-19(16)9-6-10-19)20-17-8-3-2-7-15(17)14-21-11-4-1-5-12-21/h2-3,7-8,16H,1,4-6,9-14H2,(H,20,22)/t16-/m1/s1. The zero-order valence-corrected chi connectivity index (χ0v) is 13.3. The van der Waals surface area contributed by atoms with Gasteiger partial charge in [0.25, 0.3) is 0 Å². The van der Waals surface area contributed by atoms with E-state index >= 15 is 0 Å². The van der Waals surface area contributed by atoms with Crippen molar-refractivity contribution in [3.8, 4) is 0 Å². The summed E-state index contributed by atoms with van der Waals surface area (Å²) in [6.07, 6.45) is 8.93. The normalized spacial score (nSPS) is 26.5. The Bertz CT molecular complexity index is 558. The fourth-order valence-electron chi connectivity index (χ4n) is 4.26. The highest BCUT2D eigenvalue weighted by atomic mass is 16.2. The second-order valence-electron chi connectivity index (χ2n) is 7.46. The van der Waals surface area contributed by atoms with E-state index in [2.05, 4.69) is 28.4 Å². The Hall–Kier alpha value is -1.35. The molecule has 1 aromatic carbocycles. The van der Waals surface area contributed by atoms with Crippen LogP contribution >= 0.6 is 0 Å². The fourth-order valence-corrected chi connectivity index (χ4v) is 4.26. The van der Waals surface area contributed by atoms with Crippen LogP contribution in [0, 0.1) is 11.3 Å². The van der Waals surface area contributed by atoms with E-state index in [0.29, 0.717) is 5.41 Å². The van der Waals surface area contributed by atoms with Crippen molar-refractivity contribution in [1.29, 1.82) is 0 Å². The van der Waals surface area contributed by atoms with Crippen LogP contribution in [0.3, 0.4) is 0 Å². The van der Waals surface area contributed by atoms with Crippen molar-refractivity contribution in [3.63, 3.8) is 0 Å². The summed E-state index contributed by atoms with van der Waals surface area (Å²) < 4.78 is 0. The molecule has 1 heterocycles. The molecule has 2 saturated carbocycles. The van der Waals surface area contributed by atoms with Gasteiger partial charge in [0.05, 0.1) is 0 Å². The molecule has 3 fully saturated rings. The maximum Gasteiger partial charge on any atom is 0.228 e. The second kappa shape index (κ2) is 5.69. The number of anilines is 1. The van der Waals surface area contributed by atoms with E-state index in [1.165, 1.54) is 57.2 Å². The van der Waals surface area contributed by atoms with Crippen molar-refractivity contribution in [2.24, 2.45) is 11.3 Å². The maximum absolute atomic E-state index is 12.5. The van der Waals surface area contributed by atoms with Crippen LogP contribution in [-0.2, 0) is 11.3 Å². The molecule has 1 spiro atoms. The van der Waals surface area contributed by atoms with Crippen LogP contribution < -0.4 is 5.32 Å². The van der Waals surface area contributed by atoms with Crippen molar-refractivity contribution < 1.29 is 4.79 Å². The summed E-state index contributed by atoms with van der Waals surface area (Å²) in [5.41, 5.74) is 2.70. The Morgan fingerprint density at radius 1 is 1.14 bits per heavy atom. The molecule has 22 heavy (non-hydrogen) atoms. The van der Waals surface area contributed by atoms with Crippen molar-refractivity contribution in [2.45, 2.75) is 51.5 Å². The average molecular weight is 298 g/mol. The molecule has 1 N–H and O–H groups in total. The van der Waals surface area contributed by atoms with Crippen LogP contribution in [0.5, 0.6) is 0 Å². The first-order valence-electron chi connectivity index (χ1n) is 8.88.